The molecule has 1 fully saturated rings. The van der Waals surface area contributed by atoms with Gasteiger partial charge in [0.25, 0.3) is 0 Å². The van der Waals surface area contributed by atoms with Gasteiger partial charge in [0.1, 0.15) is 0 Å². The van der Waals surface area contributed by atoms with Gasteiger partial charge in [0.2, 0.25) is 0 Å². The molecule has 0 saturated heterocycles. The number of allylic oxidation sites excluding steroid dienone is 5. The Hall–Kier alpha value is -0.780. The van der Waals surface area contributed by atoms with E-state index in [0.29, 0.717) is 0 Å². The van der Waals surface area contributed by atoms with Crippen molar-refractivity contribution in [2.75, 3.05) is 0 Å². The second-order valence-corrected chi connectivity index (χ2v) is 5.36. The van der Waals surface area contributed by atoms with Crippen LogP contribution in [0.3, 0.4) is 0 Å². The lowest BCUT2D eigenvalue weighted by molar-refractivity contribution is 0.234. The summed E-state index contributed by atoms with van der Waals surface area (Å²) >= 11 is 0. The number of fused-ring (bicyclic) bond motifs is 1. The van der Waals surface area contributed by atoms with Gasteiger partial charge >= 0.3 is 0 Å². The minimum atomic E-state index is 0.783. The van der Waals surface area contributed by atoms with Gasteiger partial charge in [-0.2, -0.15) is 0 Å². The molecule has 0 nitrogen and oxygen atoms in total. The van der Waals surface area contributed by atoms with E-state index in [4.69, 9.17) is 0 Å². The van der Waals surface area contributed by atoms with Crippen molar-refractivity contribution in [3.63, 3.8) is 0 Å². The van der Waals surface area contributed by atoms with Crippen molar-refractivity contribution in [2.45, 2.75) is 46.0 Å². The first-order valence-corrected chi connectivity index (χ1v) is 6.76. The lowest BCUT2D eigenvalue weighted by Crippen LogP contribution is -2.25. The summed E-state index contributed by atoms with van der Waals surface area (Å²) < 4.78 is 0. The average molecular weight is 216 g/mol. The quantitative estimate of drug-likeness (QED) is 0.465. The predicted octanol–water partition coefficient (Wildman–Crippen LogP) is 4.89. The fraction of sp³-hybridized carbons (Fsp3) is 0.625. The molecule has 2 aliphatic rings. The van der Waals surface area contributed by atoms with E-state index in [1.807, 2.05) is 6.08 Å². The summed E-state index contributed by atoms with van der Waals surface area (Å²) in [6.45, 7) is 8.36. The Morgan fingerprint density at radius 2 is 2.31 bits per heavy atom. The van der Waals surface area contributed by atoms with Crippen molar-refractivity contribution in [3.8, 4) is 0 Å². The highest BCUT2D eigenvalue weighted by Crippen LogP contribution is 2.47. The van der Waals surface area contributed by atoms with Gasteiger partial charge in [0.05, 0.1) is 0 Å². The minimum Gasteiger partial charge on any atom is -0.0988 e. The molecule has 88 valence electrons. The van der Waals surface area contributed by atoms with Gasteiger partial charge in [-0.15, -0.1) is 0 Å². The topological polar surface area (TPSA) is 0 Å². The maximum atomic E-state index is 3.87. The van der Waals surface area contributed by atoms with Gasteiger partial charge in [0, 0.05) is 0 Å². The Labute approximate surface area is 100 Å². The summed E-state index contributed by atoms with van der Waals surface area (Å²) in [7, 11) is 0. The van der Waals surface area contributed by atoms with Crippen LogP contribution in [0.4, 0.5) is 0 Å². The van der Waals surface area contributed by atoms with Crippen LogP contribution in [0, 0.1) is 17.8 Å². The number of hydrogen-bond donors (Lipinski definition) is 0. The molecular formula is C16H24. The minimum absolute atomic E-state index is 0.783. The smallest absolute Gasteiger partial charge is 0.0109 e. The van der Waals surface area contributed by atoms with Crippen molar-refractivity contribution in [3.05, 3.63) is 36.0 Å². The zero-order valence-electron chi connectivity index (χ0n) is 10.7. The summed E-state index contributed by atoms with van der Waals surface area (Å²) in [5.74, 6) is 2.58. The van der Waals surface area contributed by atoms with Crippen LogP contribution in [0.1, 0.15) is 46.0 Å². The van der Waals surface area contributed by atoms with Gasteiger partial charge in [-0.1, -0.05) is 49.3 Å². The first-order valence-electron chi connectivity index (χ1n) is 6.76. The van der Waals surface area contributed by atoms with Crippen molar-refractivity contribution in [1.82, 2.24) is 0 Å². The predicted molar refractivity (Wildman–Crippen MR) is 71.3 cm³/mol. The van der Waals surface area contributed by atoms with Gasteiger partial charge in [-0.3, -0.25) is 0 Å². The first kappa shape index (κ1) is 11.7. The molecule has 0 radical (unpaired) electrons. The van der Waals surface area contributed by atoms with Crippen LogP contribution in [0.5, 0.6) is 0 Å². The third kappa shape index (κ3) is 2.16. The maximum absolute atomic E-state index is 3.87. The first-order chi connectivity index (χ1) is 7.76. The average Bonchev–Trinajstić information content (AvgIpc) is 2.73. The molecule has 3 unspecified atom stereocenters. The maximum Gasteiger partial charge on any atom is -0.0109 e. The van der Waals surface area contributed by atoms with Crippen molar-refractivity contribution in [1.29, 1.82) is 0 Å². The fourth-order valence-corrected chi connectivity index (χ4v) is 3.58. The molecule has 0 aromatic rings. The zero-order valence-corrected chi connectivity index (χ0v) is 10.7. The Kier molecular flexibility index (Phi) is 3.68. The molecule has 0 N–H and O–H groups in total. The van der Waals surface area contributed by atoms with E-state index >= 15 is 0 Å². The van der Waals surface area contributed by atoms with Gasteiger partial charge in [0.15, 0.2) is 0 Å². The highest BCUT2D eigenvalue weighted by Gasteiger charge is 2.36. The van der Waals surface area contributed by atoms with Crippen molar-refractivity contribution < 1.29 is 0 Å². The van der Waals surface area contributed by atoms with Crippen molar-refractivity contribution in [2.24, 2.45) is 17.8 Å². The Balaban J connectivity index is 2.18. The molecule has 0 amide bonds. The third-order valence-corrected chi connectivity index (χ3v) is 4.40. The molecule has 16 heavy (non-hydrogen) atoms. The van der Waals surface area contributed by atoms with Crippen LogP contribution in [-0.4, -0.2) is 0 Å². The van der Waals surface area contributed by atoms with Crippen LogP contribution in [0.2, 0.25) is 0 Å². The monoisotopic (exact) mass is 216 g/mol. The Bertz CT molecular complexity index is 319. The van der Waals surface area contributed by atoms with Gasteiger partial charge in [-0.05, 0) is 50.4 Å². The van der Waals surface area contributed by atoms with E-state index in [1.54, 1.807) is 5.57 Å². The van der Waals surface area contributed by atoms with Gasteiger partial charge < -0.3 is 0 Å². The van der Waals surface area contributed by atoms with E-state index in [0.717, 1.165) is 17.8 Å². The lowest BCUT2D eigenvalue weighted by atomic mass is 9.70. The second kappa shape index (κ2) is 5.03. The van der Waals surface area contributed by atoms with Crippen LogP contribution in [0.25, 0.3) is 0 Å². The van der Waals surface area contributed by atoms with Crippen LogP contribution in [0.15, 0.2) is 36.0 Å². The summed E-state index contributed by atoms with van der Waals surface area (Å²) in [4.78, 5) is 0. The van der Waals surface area contributed by atoms with E-state index in [9.17, 15) is 0 Å². The fourth-order valence-electron chi connectivity index (χ4n) is 3.58. The molecule has 2 aliphatic carbocycles. The molecule has 0 heteroatoms. The second-order valence-electron chi connectivity index (χ2n) is 5.36. The number of rotatable bonds is 3. The standard InChI is InChI=1S/C16H24/c1-4-12(3)11-15-8-6-7-14-10-9-13(5-2)16(14)15/h4,9,11,14-16H,1,5-8,10H2,2-3H3. The largest absolute Gasteiger partial charge is 0.0988 e. The molecule has 0 bridgehead atoms. The summed E-state index contributed by atoms with van der Waals surface area (Å²) in [5.41, 5.74) is 3.08. The van der Waals surface area contributed by atoms with Gasteiger partial charge in [-0.25, -0.2) is 0 Å². The highest BCUT2D eigenvalue weighted by atomic mass is 14.4. The molecule has 1 saturated carbocycles. The molecule has 0 heterocycles. The van der Waals surface area contributed by atoms with Crippen LogP contribution >= 0.6 is 0 Å². The normalized spacial score (nSPS) is 34.5. The molecule has 0 spiro atoms. The SMILES string of the molecule is C=CC(C)=CC1CCCC2CC=C(CC)C12. The van der Waals surface area contributed by atoms with E-state index in [-0.39, 0.29) is 0 Å². The van der Waals surface area contributed by atoms with Crippen molar-refractivity contribution >= 4 is 0 Å². The summed E-state index contributed by atoms with van der Waals surface area (Å²) in [6.07, 6.45) is 13.8. The molecule has 2 rings (SSSR count). The highest BCUT2D eigenvalue weighted by molar-refractivity contribution is 5.23. The lowest BCUT2D eigenvalue weighted by Gasteiger charge is -2.34. The van der Waals surface area contributed by atoms with E-state index < -0.39 is 0 Å². The third-order valence-electron chi connectivity index (χ3n) is 4.40. The molecule has 0 aromatic heterocycles. The Morgan fingerprint density at radius 1 is 1.50 bits per heavy atom. The van der Waals surface area contributed by atoms with E-state index in [2.05, 4.69) is 32.6 Å². The van der Waals surface area contributed by atoms with Crippen LogP contribution < -0.4 is 0 Å². The molecule has 0 aromatic carbocycles. The van der Waals surface area contributed by atoms with E-state index in [1.165, 1.54) is 37.7 Å². The zero-order chi connectivity index (χ0) is 11.5. The molecular weight excluding hydrogens is 192 g/mol. The molecule has 3 atom stereocenters. The number of hydrogen-bond acceptors (Lipinski definition) is 0. The summed E-state index contributed by atoms with van der Waals surface area (Å²) in [5, 5.41) is 0. The van der Waals surface area contributed by atoms with Crippen LogP contribution in [-0.2, 0) is 0 Å². The summed E-state index contributed by atoms with van der Waals surface area (Å²) in [6, 6.07) is 0. The molecule has 0 aliphatic heterocycles. The Morgan fingerprint density at radius 3 is 3.00 bits per heavy atom.